The molecule has 4 aromatic rings. The number of fused-ring (bicyclic) bond motifs is 3. The summed E-state index contributed by atoms with van der Waals surface area (Å²) in [4.78, 5) is 29.2. The second-order valence-corrected chi connectivity index (χ2v) is 9.20. The summed E-state index contributed by atoms with van der Waals surface area (Å²) in [6, 6.07) is 15.6. The van der Waals surface area contributed by atoms with Crippen LogP contribution in [-0.4, -0.2) is 9.13 Å². The zero-order valence-corrected chi connectivity index (χ0v) is 18.1. The van der Waals surface area contributed by atoms with Gasteiger partial charge in [-0.2, -0.15) is 0 Å². The Labute approximate surface area is 183 Å². The van der Waals surface area contributed by atoms with Gasteiger partial charge in [0.05, 0.1) is 18.0 Å². The van der Waals surface area contributed by atoms with E-state index in [-0.39, 0.29) is 17.9 Å². The molecule has 0 fully saturated rings. The molecule has 0 aliphatic heterocycles. The lowest BCUT2D eigenvalue weighted by Crippen LogP contribution is -2.42. The summed E-state index contributed by atoms with van der Waals surface area (Å²) in [5, 5.41) is 0.637. The first-order valence-corrected chi connectivity index (χ1v) is 11.5. The zero-order valence-electron chi connectivity index (χ0n) is 17.3. The average molecular weight is 435 g/mol. The number of aromatic nitrogens is 2. The van der Waals surface area contributed by atoms with Gasteiger partial charge in [0.25, 0.3) is 5.56 Å². The molecule has 2 heterocycles. The van der Waals surface area contributed by atoms with Crippen molar-refractivity contribution < 1.29 is 4.39 Å². The van der Waals surface area contributed by atoms with Gasteiger partial charge in [-0.1, -0.05) is 48.5 Å². The normalized spacial score (nSPS) is 14.5. The Morgan fingerprint density at radius 2 is 1.71 bits per heavy atom. The molecular weight excluding hydrogens is 411 g/mol. The highest BCUT2D eigenvalue weighted by molar-refractivity contribution is 7.18. The molecule has 1 unspecified atom stereocenters. The van der Waals surface area contributed by atoms with Crippen molar-refractivity contribution in [1.82, 2.24) is 9.13 Å². The van der Waals surface area contributed by atoms with Crippen LogP contribution < -0.4 is 11.2 Å². The van der Waals surface area contributed by atoms with Gasteiger partial charge in [0.2, 0.25) is 0 Å². The molecule has 2 aromatic heterocycles. The monoisotopic (exact) mass is 434 g/mol. The molecule has 2 aromatic carbocycles. The van der Waals surface area contributed by atoms with Crippen molar-refractivity contribution in [2.75, 3.05) is 0 Å². The third kappa shape index (κ3) is 3.35. The molecule has 31 heavy (non-hydrogen) atoms. The smallest absolute Gasteiger partial charge is 0.280 e. The van der Waals surface area contributed by atoms with E-state index in [1.807, 2.05) is 37.3 Å². The quantitative estimate of drug-likeness (QED) is 0.459. The molecule has 0 bridgehead atoms. The van der Waals surface area contributed by atoms with Crippen LogP contribution in [0, 0.1) is 5.82 Å². The Hall–Kier alpha value is -2.99. The third-order valence-corrected chi connectivity index (χ3v) is 7.54. The predicted octanol–water partition coefficient (Wildman–Crippen LogP) is 4.90. The maximum absolute atomic E-state index is 14.5. The molecule has 158 valence electrons. The van der Waals surface area contributed by atoms with Crippen molar-refractivity contribution in [1.29, 1.82) is 0 Å². The summed E-state index contributed by atoms with van der Waals surface area (Å²) in [7, 11) is 0. The third-order valence-electron chi connectivity index (χ3n) is 6.22. The van der Waals surface area contributed by atoms with Gasteiger partial charge in [-0.05, 0) is 49.8 Å². The highest BCUT2D eigenvalue weighted by Gasteiger charge is 2.26. The fourth-order valence-electron chi connectivity index (χ4n) is 4.54. The van der Waals surface area contributed by atoms with Crippen molar-refractivity contribution in [2.45, 2.75) is 45.2 Å². The fourth-order valence-corrected chi connectivity index (χ4v) is 5.92. The molecule has 0 amide bonds. The first kappa shape index (κ1) is 19.9. The molecule has 6 heteroatoms. The first-order valence-electron chi connectivity index (χ1n) is 10.6. The minimum Gasteiger partial charge on any atom is -0.280 e. The Kier molecular flexibility index (Phi) is 5.10. The number of benzene rings is 2. The maximum atomic E-state index is 14.5. The lowest BCUT2D eigenvalue weighted by Gasteiger charge is -2.18. The summed E-state index contributed by atoms with van der Waals surface area (Å²) in [5.41, 5.74) is 1.78. The second kappa shape index (κ2) is 7.93. The SMILES string of the molecule is CC(c1ccccc1)n1c(=O)c2c3c(sc2n(Cc2ccccc2F)c1=O)CCCC3. The number of aryl methyl sites for hydroxylation is 2. The summed E-state index contributed by atoms with van der Waals surface area (Å²) in [6.45, 7) is 1.97. The highest BCUT2D eigenvalue weighted by Crippen LogP contribution is 2.34. The molecule has 1 aliphatic rings. The fraction of sp³-hybridized carbons (Fsp3) is 0.280. The number of rotatable bonds is 4. The zero-order chi connectivity index (χ0) is 21.5. The van der Waals surface area contributed by atoms with Crippen LogP contribution in [0.4, 0.5) is 4.39 Å². The molecule has 4 nitrogen and oxygen atoms in total. The second-order valence-electron chi connectivity index (χ2n) is 8.11. The largest absolute Gasteiger partial charge is 0.332 e. The minimum absolute atomic E-state index is 0.100. The lowest BCUT2D eigenvalue weighted by molar-refractivity contribution is 0.542. The summed E-state index contributed by atoms with van der Waals surface area (Å²) in [5.74, 6) is -0.349. The van der Waals surface area contributed by atoms with Gasteiger partial charge in [0.1, 0.15) is 10.6 Å². The number of hydrogen-bond donors (Lipinski definition) is 0. The number of halogens is 1. The number of hydrogen-bond acceptors (Lipinski definition) is 3. The molecule has 0 radical (unpaired) electrons. The molecule has 1 aliphatic carbocycles. The van der Waals surface area contributed by atoms with Crippen molar-refractivity contribution >= 4 is 21.6 Å². The van der Waals surface area contributed by atoms with E-state index >= 15 is 0 Å². The van der Waals surface area contributed by atoms with Crippen LogP contribution in [0.15, 0.2) is 64.2 Å². The summed E-state index contributed by atoms with van der Waals surface area (Å²) < 4.78 is 17.4. The maximum Gasteiger partial charge on any atom is 0.332 e. The minimum atomic E-state index is -0.420. The topological polar surface area (TPSA) is 44.0 Å². The van der Waals surface area contributed by atoms with Crippen LogP contribution in [0.1, 0.15) is 47.4 Å². The van der Waals surface area contributed by atoms with Gasteiger partial charge in [0.15, 0.2) is 0 Å². The number of thiophene rings is 1. The molecule has 0 spiro atoms. The molecule has 5 rings (SSSR count). The number of nitrogens with zero attached hydrogens (tertiary/aromatic N) is 2. The standard InChI is InChI=1S/C25H23FN2O2S/c1-16(17-9-3-2-4-10-17)28-23(29)22-19-12-6-8-14-21(19)31-24(22)27(25(28)30)15-18-11-5-7-13-20(18)26/h2-5,7,9-11,13,16H,6,8,12,14-15H2,1H3. The van der Waals surface area contributed by atoms with E-state index in [1.165, 1.54) is 26.8 Å². The van der Waals surface area contributed by atoms with Crippen LogP contribution in [0.2, 0.25) is 0 Å². The molecule has 0 saturated carbocycles. The summed E-state index contributed by atoms with van der Waals surface area (Å²) >= 11 is 1.52. The first-order chi connectivity index (χ1) is 15.1. The van der Waals surface area contributed by atoms with Crippen LogP contribution in [0.3, 0.4) is 0 Å². The lowest BCUT2D eigenvalue weighted by atomic mass is 9.97. The van der Waals surface area contributed by atoms with E-state index in [0.717, 1.165) is 36.8 Å². The Balaban J connectivity index is 1.80. The predicted molar refractivity (Wildman–Crippen MR) is 123 cm³/mol. The van der Waals surface area contributed by atoms with E-state index in [4.69, 9.17) is 0 Å². The van der Waals surface area contributed by atoms with E-state index in [2.05, 4.69) is 0 Å². The Morgan fingerprint density at radius 1 is 1.00 bits per heavy atom. The van der Waals surface area contributed by atoms with Gasteiger partial charge in [-0.3, -0.25) is 13.9 Å². The summed E-state index contributed by atoms with van der Waals surface area (Å²) in [6.07, 6.45) is 3.91. The van der Waals surface area contributed by atoms with Crippen LogP contribution in [0.25, 0.3) is 10.2 Å². The van der Waals surface area contributed by atoms with Crippen molar-refractivity contribution in [3.8, 4) is 0 Å². The van der Waals surface area contributed by atoms with Gasteiger partial charge in [-0.25, -0.2) is 9.18 Å². The van der Waals surface area contributed by atoms with Crippen LogP contribution >= 0.6 is 11.3 Å². The van der Waals surface area contributed by atoms with E-state index < -0.39 is 11.7 Å². The van der Waals surface area contributed by atoms with Crippen LogP contribution in [-0.2, 0) is 19.4 Å². The Morgan fingerprint density at radius 3 is 2.48 bits per heavy atom. The highest BCUT2D eigenvalue weighted by atomic mass is 32.1. The molecular formula is C25H23FN2O2S. The average Bonchev–Trinajstić information content (AvgIpc) is 3.18. The van der Waals surface area contributed by atoms with Crippen molar-refractivity contribution in [3.05, 3.63) is 103 Å². The Bertz CT molecular complexity index is 1380. The van der Waals surface area contributed by atoms with E-state index in [9.17, 15) is 14.0 Å². The van der Waals surface area contributed by atoms with Gasteiger partial charge in [-0.15, -0.1) is 11.3 Å². The van der Waals surface area contributed by atoms with Crippen LogP contribution in [0.5, 0.6) is 0 Å². The molecule has 1 atom stereocenters. The molecule has 0 saturated heterocycles. The van der Waals surface area contributed by atoms with Gasteiger partial charge in [0, 0.05) is 10.4 Å². The van der Waals surface area contributed by atoms with Crippen molar-refractivity contribution in [3.63, 3.8) is 0 Å². The molecule has 0 N–H and O–H groups in total. The van der Waals surface area contributed by atoms with Gasteiger partial charge >= 0.3 is 5.69 Å². The van der Waals surface area contributed by atoms with E-state index in [0.29, 0.717) is 15.8 Å². The van der Waals surface area contributed by atoms with Gasteiger partial charge < -0.3 is 0 Å². The van der Waals surface area contributed by atoms with Crippen molar-refractivity contribution in [2.24, 2.45) is 0 Å². The van der Waals surface area contributed by atoms with E-state index in [1.54, 1.807) is 22.8 Å².